The van der Waals surface area contributed by atoms with Crippen molar-refractivity contribution in [3.8, 4) is 0 Å². The van der Waals surface area contributed by atoms with Gasteiger partial charge in [0.2, 0.25) is 0 Å². The predicted octanol–water partition coefficient (Wildman–Crippen LogP) is 4.03. The van der Waals surface area contributed by atoms with E-state index < -0.39 is 6.04 Å². The summed E-state index contributed by atoms with van der Waals surface area (Å²) in [4.78, 5) is 28.6. The third-order valence-electron chi connectivity index (χ3n) is 6.49. The molecule has 2 fully saturated rings. The molecule has 0 N–H and O–H groups in total. The van der Waals surface area contributed by atoms with Crippen LogP contribution in [0.25, 0.3) is 0 Å². The minimum Gasteiger partial charge on any atom is -0.483 e. The standard InChI is InChI=1S/C22H23Cl2NO4/c23-13-5-3-12(4-6-13)19-18-20(26)16-10-14(24)7-8-17(16)29-21(18)22(27)25(19)11-15-2-1-9-28-15/h3-6,14-17,19H,1-2,7-11H2. The number of benzene rings is 1. The van der Waals surface area contributed by atoms with Crippen LogP contribution in [0.2, 0.25) is 5.02 Å². The van der Waals surface area contributed by atoms with Crippen molar-refractivity contribution in [1.82, 2.24) is 4.90 Å². The summed E-state index contributed by atoms with van der Waals surface area (Å²) in [6.07, 6.45) is 3.72. The van der Waals surface area contributed by atoms with Crippen molar-refractivity contribution in [2.24, 2.45) is 5.92 Å². The van der Waals surface area contributed by atoms with E-state index in [1.807, 2.05) is 12.1 Å². The topological polar surface area (TPSA) is 55.8 Å². The van der Waals surface area contributed by atoms with E-state index >= 15 is 0 Å². The average molecular weight is 436 g/mol. The van der Waals surface area contributed by atoms with Gasteiger partial charge in [-0.2, -0.15) is 0 Å². The van der Waals surface area contributed by atoms with Crippen LogP contribution in [0.4, 0.5) is 0 Å². The smallest absolute Gasteiger partial charge is 0.290 e. The highest BCUT2D eigenvalue weighted by Crippen LogP contribution is 2.47. The van der Waals surface area contributed by atoms with Crippen LogP contribution in [0.3, 0.4) is 0 Å². The minimum absolute atomic E-state index is 0.00439. The number of ketones is 1. The third-order valence-corrected chi connectivity index (χ3v) is 7.14. The van der Waals surface area contributed by atoms with Crippen molar-refractivity contribution >= 4 is 34.9 Å². The van der Waals surface area contributed by atoms with E-state index in [-0.39, 0.29) is 41.0 Å². The van der Waals surface area contributed by atoms with E-state index in [1.165, 1.54) is 0 Å². The van der Waals surface area contributed by atoms with Crippen LogP contribution in [0, 0.1) is 5.92 Å². The number of halogens is 2. The van der Waals surface area contributed by atoms with E-state index in [1.54, 1.807) is 17.0 Å². The number of carbonyl (C=O) groups excluding carboxylic acids is 2. The van der Waals surface area contributed by atoms with Crippen LogP contribution in [0.1, 0.15) is 43.7 Å². The normalized spacial score (nSPS) is 34.3. The molecule has 1 amide bonds. The van der Waals surface area contributed by atoms with Gasteiger partial charge < -0.3 is 14.4 Å². The Labute approximate surface area is 179 Å². The Bertz CT molecular complexity index is 862. The van der Waals surface area contributed by atoms with Crippen molar-refractivity contribution < 1.29 is 19.1 Å². The number of nitrogens with zero attached hydrogens (tertiary/aromatic N) is 1. The second kappa shape index (κ2) is 7.60. The summed E-state index contributed by atoms with van der Waals surface area (Å²) in [5.74, 6) is -0.266. The van der Waals surface area contributed by atoms with E-state index in [2.05, 4.69) is 0 Å². The molecular formula is C22H23Cl2NO4. The van der Waals surface area contributed by atoms with Gasteiger partial charge in [-0.15, -0.1) is 11.6 Å². The SMILES string of the molecule is O=C1C2=C(OC3CCC(Cl)CC13)C(=O)N(CC1CCCO1)C2c1ccc(Cl)cc1. The van der Waals surface area contributed by atoms with E-state index in [4.69, 9.17) is 32.7 Å². The number of fused-ring (bicyclic) bond motifs is 1. The summed E-state index contributed by atoms with van der Waals surface area (Å²) in [6, 6.07) is 6.86. The zero-order valence-electron chi connectivity index (χ0n) is 16.0. The first-order valence-electron chi connectivity index (χ1n) is 10.3. The highest BCUT2D eigenvalue weighted by Gasteiger charge is 2.53. The van der Waals surface area contributed by atoms with Crippen LogP contribution in [-0.4, -0.2) is 47.3 Å². The molecule has 154 valence electrons. The molecule has 3 aliphatic heterocycles. The van der Waals surface area contributed by atoms with Crippen molar-refractivity contribution in [2.75, 3.05) is 13.2 Å². The number of hydrogen-bond donors (Lipinski definition) is 0. The van der Waals surface area contributed by atoms with Crippen LogP contribution in [-0.2, 0) is 19.1 Å². The van der Waals surface area contributed by atoms with Crippen molar-refractivity contribution in [1.29, 1.82) is 0 Å². The van der Waals surface area contributed by atoms with Gasteiger partial charge in [0.25, 0.3) is 5.91 Å². The van der Waals surface area contributed by atoms with Gasteiger partial charge in [0, 0.05) is 23.6 Å². The zero-order chi connectivity index (χ0) is 20.1. The third kappa shape index (κ3) is 3.37. The first-order valence-corrected chi connectivity index (χ1v) is 11.1. The largest absolute Gasteiger partial charge is 0.483 e. The Hall–Kier alpha value is -1.56. The molecule has 1 aromatic carbocycles. The molecule has 5 atom stereocenters. The van der Waals surface area contributed by atoms with Gasteiger partial charge in [-0.3, -0.25) is 9.59 Å². The highest BCUT2D eigenvalue weighted by atomic mass is 35.5. The van der Waals surface area contributed by atoms with E-state index in [0.717, 1.165) is 24.8 Å². The lowest BCUT2D eigenvalue weighted by Gasteiger charge is -2.37. The number of carbonyl (C=O) groups is 2. The van der Waals surface area contributed by atoms with E-state index in [9.17, 15) is 9.59 Å². The Morgan fingerprint density at radius 3 is 2.62 bits per heavy atom. The molecule has 29 heavy (non-hydrogen) atoms. The molecular weight excluding hydrogens is 413 g/mol. The predicted molar refractivity (Wildman–Crippen MR) is 109 cm³/mol. The summed E-state index contributed by atoms with van der Waals surface area (Å²) < 4.78 is 11.9. The van der Waals surface area contributed by atoms with Gasteiger partial charge in [-0.1, -0.05) is 23.7 Å². The summed E-state index contributed by atoms with van der Waals surface area (Å²) in [6.45, 7) is 1.16. The van der Waals surface area contributed by atoms with Crippen LogP contribution >= 0.6 is 23.2 Å². The first kappa shape index (κ1) is 19.4. The quantitative estimate of drug-likeness (QED) is 0.672. The maximum absolute atomic E-state index is 13.5. The summed E-state index contributed by atoms with van der Waals surface area (Å²) >= 11 is 12.4. The molecule has 0 spiro atoms. The molecule has 5 nitrogen and oxygen atoms in total. The van der Waals surface area contributed by atoms with Crippen molar-refractivity contribution in [3.63, 3.8) is 0 Å². The molecule has 4 aliphatic rings. The number of amides is 1. The Kier molecular flexibility index (Phi) is 5.09. The lowest BCUT2D eigenvalue weighted by molar-refractivity contribution is -0.136. The molecule has 1 aromatic rings. The van der Waals surface area contributed by atoms with Gasteiger partial charge in [0.1, 0.15) is 6.10 Å². The molecule has 7 heteroatoms. The van der Waals surface area contributed by atoms with Gasteiger partial charge in [0.15, 0.2) is 11.5 Å². The fourth-order valence-electron chi connectivity index (χ4n) is 5.05. The fraction of sp³-hybridized carbons (Fsp3) is 0.545. The molecule has 3 heterocycles. The first-order chi connectivity index (χ1) is 14.0. The number of hydrogen-bond acceptors (Lipinski definition) is 4. The summed E-state index contributed by atoms with van der Waals surface area (Å²) in [7, 11) is 0. The molecule has 0 radical (unpaired) electrons. The van der Waals surface area contributed by atoms with Crippen molar-refractivity contribution in [2.45, 2.75) is 55.7 Å². The lowest BCUT2D eigenvalue weighted by atomic mass is 9.77. The minimum atomic E-state index is -0.469. The van der Waals surface area contributed by atoms with Crippen LogP contribution < -0.4 is 0 Å². The zero-order valence-corrected chi connectivity index (χ0v) is 17.5. The molecule has 0 bridgehead atoms. The molecule has 0 aromatic heterocycles. The Morgan fingerprint density at radius 2 is 1.90 bits per heavy atom. The molecule has 1 aliphatic carbocycles. The second-order valence-electron chi connectivity index (χ2n) is 8.33. The highest BCUT2D eigenvalue weighted by molar-refractivity contribution is 6.30. The average Bonchev–Trinajstić information content (AvgIpc) is 3.32. The molecule has 5 unspecified atom stereocenters. The molecule has 5 rings (SSSR count). The van der Waals surface area contributed by atoms with Gasteiger partial charge >= 0.3 is 0 Å². The van der Waals surface area contributed by atoms with E-state index in [0.29, 0.717) is 36.6 Å². The molecule has 1 saturated carbocycles. The van der Waals surface area contributed by atoms with Crippen molar-refractivity contribution in [3.05, 3.63) is 46.2 Å². The fourth-order valence-corrected chi connectivity index (χ4v) is 5.49. The summed E-state index contributed by atoms with van der Waals surface area (Å²) in [5.41, 5.74) is 1.33. The number of rotatable bonds is 3. The Morgan fingerprint density at radius 1 is 1.10 bits per heavy atom. The summed E-state index contributed by atoms with van der Waals surface area (Å²) in [5, 5.41) is 0.585. The van der Waals surface area contributed by atoms with Crippen LogP contribution in [0.15, 0.2) is 35.6 Å². The molecule has 1 saturated heterocycles. The maximum Gasteiger partial charge on any atom is 0.290 e. The number of alkyl halides is 1. The van der Waals surface area contributed by atoms with Gasteiger partial charge in [-0.25, -0.2) is 0 Å². The van der Waals surface area contributed by atoms with Crippen LogP contribution in [0.5, 0.6) is 0 Å². The lowest BCUT2D eigenvalue weighted by Crippen LogP contribution is -2.41. The monoisotopic (exact) mass is 435 g/mol. The van der Waals surface area contributed by atoms with Gasteiger partial charge in [-0.05, 0) is 49.8 Å². The number of ether oxygens (including phenoxy) is 2. The second-order valence-corrected chi connectivity index (χ2v) is 9.38. The maximum atomic E-state index is 13.5. The number of Topliss-reactive ketones (excluding diaryl/α,β-unsaturated/α-hetero) is 1. The van der Waals surface area contributed by atoms with Gasteiger partial charge in [0.05, 0.1) is 23.6 Å². The Balaban J connectivity index is 1.54.